The van der Waals surface area contributed by atoms with E-state index < -0.39 is 27.0 Å². The van der Waals surface area contributed by atoms with Gasteiger partial charge in [-0.25, -0.2) is 4.83 Å². The zero-order valence-corrected chi connectivity index (χ0v) is 15.1. The lowest BCUT2D eigenvalue weighted by atomic mass is 9.97. The maximum absolute atomic E-state index is 12.8. The van der Waals surface area contributed by atoms with Gasteiger partial charge in [-0.1, -0.05) is 48.5 Å². The van der Waals surface area contributed by atoms with E-state index >= 15 is 0 Å². The highest BCUT2D eigenvalue weighted by atomic mass is 32.2. The molecule has 0 saturated heterocycles. The number of sulfonamides is 1. The summed E-state index contributed by atoms with van der Waals surface area (Å²) in [6, 6.07) is 19.3. The molecule has 0 unspecified atom stereocenters. The molecule has 9 heteroatoms. The summed E-state index contributed by atoms with van der Waals surface area (Å²) in [5, 5.41) is 19.1. The molecule has 1 aromatic heterocycles. The molecule has 8 nitrogen and oxygen atoms in total. The fourth-order valence-corrected chi connectivity index (χ4v) is 3.71. The minimum Gasteiger partial charge on any atom is -0.382 e. The lowest BCUT2D eigenvalue weighted by Gasteiger charge is -2.17. The van der Waals surface area contributed by atoms with E-state index in [0.717, 1.165) is 0 Å². The molecule has 0 aliphatic rings. The van der Waals surface area contributed by atoms with E-state index in [-0.39, 0.29) is 16.0 Å². The van der Waals surface area contributed by atoms with Crippen molar-refractivity contribution in [3.63, 3.8) is 0 Å². The first-order valence-corrected chi connectivity index (χ1v) is 9.41. The second-order valence-electron chi connectivity index (χ2n) is 5.65. The Balaban J connectivity index is 2.28. The van der Waals surface area contributed by atoms with E-state index in [0.29, 0.717) is 10.2 Å². The maximum atomic E-state index is 12.8. The molecule has 0 bridgehead atoms. The quantitative estimate of drug-likeness (QED) is 0.694. The average Bonchev–Trinajstić information content (AvgIpc) is 2.72. The van der Waals surface area contributed by atoms with Crippen molar-refractivity contribution in [1.29, 1.82) is 10.5 Å². The van der Waals surface area contributed by atoms with Crippen LogP contribution >= 0.6 is 0 Å². The highest BCUT2D eigenvalue weighted by Gasteiger charge is 2.24. The Morgan fingerprint density at radius 2 is 1.43 bits per heavy atom. The van der Waals surface area contributed by atoms with Crippen molar-refractivity contribution in [3.8, 4) is 23.3 Å². The Hall–Kier alpha value is -4.08. The summed E-state index contributed by atoms with van der Waals surface area (Å²) in [5.41, 5.74) is 4.89. The molecule has 0 fully saturated rings. The molecular formula is C19H13N5O3S. The van der Waals surface area contributed by atoms with E-state index in [1.807, 2.05) is 10.9 Å². The fraction of sp³-hybridized carbons (Fsp3) is 0. The molecule has 0 spiro atoms. The zero-order valence-electron chi connectivity index (χ0n) is 14.3. The molecule has 3 rings (SSSR count). The molecule has 0 saturated carbocycles. The Kier molecular flexibility index (Phi) is 4.86. The van der Waals surface area contributed by atoms with Gasteiger partial charge in [0.1, 0.15) is 29.1 Å². The van der Waals surface area contributed by atoms with Crippen LogP contribution in [0.3, 0.4) is 0 Å². The molecule has 0 radical (unpaired) electrons. The van der Waals surface area contributed by atoms with Gasteiger partial charge in [0.15, 0.2) is 0 Å². The summed E-state index contributed by atoms with van der Waals surface area (Å²) in [6.07, 6.45) is 0. The van der Waals surface area contributed by atoms with Crippen molar-refractivity contribution in [3.05, 3.63) is 82.1 Å². The van der Waals surface area contributed by atoms with Gasteiger partial charge in [0.05, 0.1) is 4.90 Å². The molecule has 0 atom stereocenters. The summed E-state index contributed by atoms with van der Waals surface area (Å²) >= 11 is 0. The monoisotopic (exact) mass is 391 g/mol. The van der Waals surface area contributed by atoms with Gasteiger partial charge >= 0.3 is 0 Å². The molecule has 0 aliphatic heterocycles. The summed E-state index contributed by atoms with van der Waals surface area (Å²) in [6.45, 7) is 0. The first-order valence-electron chi connectivity index (χ1n) is 7.92. The third-order valence-electron chi connectivity index (χ3n) is 3.97. The number of nitrogen functional groups attached to an aromatic ring is 1. The maximum Gasteiger partial charge on any atom is 0.290 e. The van der Waals surface area contributed by atoms with E-state index in [1.165, 1.54) is 24.3 Å². The van der Waals surface area contributed by atoms with E-state index in [4.69, 9.17) is 5.73 Å². The lowest BCUT2D eigenvalue weighted by Crippen LogP contribution is -2.37. The summed E-state index contributed by atoms with van der Waals surface area (Å²) in [4.78, 5) is 14.8. The molecule has 3 N–H and O–H groups in total. The molecular weight excluding hydrogens is 378 g/mol. The van der Waals surface area contributed by atoms with Crippen LogP contribution in [0.4, 0.5) is 5.82 Å². The van der Waals surface area contributed by atoms with Crippen LogP contribution in [0.2, 0.25) is 0 Å². The van der Waals surface area contributed by atoms with Crippen LogP contribution in [0.15, 0.2) is 70.4 Å². The van der Waals surface area contributed by atoms with Gasteiger partial charge in [0.25, 0.3) is 15.6 Å². The first-order chi connectivity index (χ1) is 13.4. The third-order valence-corrected chi connectivity index (χ3v) is 5.28. The molecule has 1 heterocycles. The lowest BCUT2D eigenvalue weighted by molar-refractivity contribution is 0.594. The molecule has 0 amide bonds. The largest absolute Gasteiger partial charge is 0.382 e. The molecule has 0 aliphatic carbocycles. The van der Waals surface area contributed by atoms with Crippen LogP contribution in [0, 0.1) is 22.7 Å². The van der Waals surface area contributed by atoms with Crippen molar-refractivity contribution in [2.75, 3.05) is 10.6 Å². The number of nitriles is 2. The van der Waals surface area contributed by atoms with Crippen molar-refractivity contribution in [2.45, 2.75) is 4.90 Å². The number of hydrogen-bond donors (Lipinski definition) is 2. The second kappa shape index (κ2) is 7.27. The van der Waals surface area contributed by atoms with Crippen LogP contribution in [0.1, 0.15) is 11.1 Å². The number of pyridine rings is 1. The van der Waals surface area contributed by atoms with Crippen molar-refractivity contribution in [2.24, 2.45) is 0 Å². The number of nitrogens with two attached hydrogens (primary N) is 1. The number of hydrogen-bond acceptors (Lipinski definition) is 6. The summed E-state index contributed by atoms with van der Waals surface area (Å²) < 4.78 is 25.6. The highest BCUT2D eigenvalue weighted by molar-refractivity contribution is 7.92. The fourth-order valence-electron chi connectivity index (χ4n) is 2.67. The minimum absolute atomic E-state index is 0.0586. The number of nitrogens with one attached hydrogen (secondary N) is 1. The Labute approximate surface area is 160 Å². The van der Waals surface area contributed by atoms with Gasteiger partial charge in [-0.05, 0) is 17.7 Å². The predicted molar refractivity (Wildman–Crippen MR) is 103 cm³/mol. The molecule has 3 aromatic rings. The molecule has 2 aromatic carbocycles. The predicted octanol–water partition coefficient (Wildman–Crippen LogP) is 1.77. The second-order valence-corrected chi connectivity index (χ2v) is 7.31. The number of benzene rings is 2. The zero-order chi connectivity index (χ0) is 20.3. The Bertz CT molecular complexity index is 1290. The van der Waals surface area contributed by atoms with Crippen LogP contribution in [-0.4, -0.2) is 13.1 Å². The Morgan fingerprint density at radius 1 is 0.893 bits per heavy atom. The van der Waals surface area contributed by atoms with Crippen molar-refractivity contribution in [1.82, 2.24) is 4.68 Å². The normalized spacial score (nSPS) is 10.6. The van der Waals surface area contributed by atoms with Crippen LogP contribution in [0.25, 0.3) is 11.1 Å². The number of rotatable bonds is 4. The standard InChI is InChI=1S/C19H13N5O3S/c20-11-15-17(13-7-3-1-4-8-13)16(12-21)19(25)24(18(15)22)23-28(26,27)14-9-5-2-6-10-14/h1-10,23H,22H2. The summed E-state index contributed by atoms with van der Waals surface area (Å²) in [7, 11) is -4.17. The van der Waals surface area contributed by atoms with E-state index in [1.54, 1.807) is 42.5 Å². The van der Waals surface area contributed by atoms with E-state index in [9.17, 15) is 23.7 Å². The van der Waals surface area contributed by atoms with Gasteiger partial charge in [0.2, 0.25) is 0 Å². The van der Waals surface area contributed by atoms with Gasteiger partial charge < -0.3 is 5.73 Å². The third kappa shape index (κ3) is 3.18. The van der Waals surface area contributed by atoms with Gasteiger partial charge in [-0.2, -0.15) is 23.6 Å². The smallest absolute Gasteiger partial charge is 0.290 e. The van der Waals surface area contributed by atoms with Crippen LogP contribution in [-0.2, 0) is 10.0 Å². The number of anilines is 1. The SMILES string of the molecule is N#Cc1c(-c2ccccc2)c(C#N)c(=O)n(NS(=O)(=O)c2ccccc2)c1N. The minimum atomic E-state index is -4.17. The van der Waals surface area contributed by atoms with Crippen molar-refractivity contribution >= 4 is 15.8 Å². The highest BCUT2D eigenvalue weighted by Crippen LogP contribution is 2.28. The average molecular weight is 391 g/mol. The first kappa shape index (κ1) is 18.7. The topological polar surface area (TPSA) is 142 Å². The Morgan fingerprint density at radius 3 is 1.96 bits per heavy atom. The number of aromatic nitrogens is 1. The van der Waals surface area contributed by atoms with Gasteiger partial charge in [-0.3, -0.25) is 4.79 Å². The molecule has 138 valence electrons. The molecule has 28 heavy (non-hydrogen) atoms. The number of nitrogens with zero attached hydrogens (tertiary/aromatic N) is 3. The van der Waals surface area contributed by atoms with Crippen molar-refractivity contribution < 1.29 is 8.42 Å². The van der Waals surface area contributed by atoms with Crippen LogP contribution in [0.5, 0.6) is 0 Å². The van der Waals surface area contributed by atoms with Gasteiger partial charge in [0, 0.05) is 5.56 Å². The van der Waals surface area contributed by atoms with Crippen LogP contribution < -0.4 is 16.1 Å². The summed E-state index contributed by atoms with van der Waals surface area (Å²) in [5.74, 6) is -0.412. The van der Waals surface area contributed by atoms with E-state index in [2.05, 4.69) is 0 Å². The van der Waals surface area contributed by atoms with Gasteiger partial charge in [-0.15, -0.1) is 0 Å².